The van der Waals surface area contributed by atoms with Crippen molar-refractivity contribution in [2.45, 2.75) is 58.4 Å². The second kappa shape index (κ2) is 15.1. The molecule has 0 aliphatic carbocycles. The third-order valence-corrected chi connectivity index (χ3v) is 7.89. The van der Waals surface area contributed by atoms with Crippen LogP contribution < -0.4 is 5.69 Å². The van der Waals surface area contributed by atoms with Gasteiger partial charge in [-0.25, -0.2) is 14.0 Å². The van der Waals surface area contributed by atoms with Crippen molar-refractivity contribution in [1.82, 2.24) is 19.0 Å². The molecule has 0 spiro atoms. The summed E-state index contributed by atoms with van der Waals surface area (Å²) in [6.07, 6.45) is 3.55. The number of unbranched alkanes of at least 4 members (excludes halogenated alkanes) is 1. The Kier molecular flexibility index (Phi) is 10.8. The molecule has 45 heavy (non-hydrogen) atoms. The van der Waals surface area contributed by atoms with Crippen LogP contribution in [0.5, 0.6) is 0 Å². The Bertz CT molecular complexity index is 1780. The monoisotopic (exact) mass is 612 g/mol. The summed E-state index contributed by atoms with van der Waals surface area (Å²) in [6, 6.07) is 24.5. The second-order valence-corrected chi connectivity index (χ2v) is 11.7. The van der Waals surface area contributed by atoms with Crippen molar-refractivity contribution in [1.29, 1.82) is 0 Å². The van der Waals surface area contributed by atoms with E-state index < -0.39 is 0 Å². The first-order valence-corrected chi connectivity index (χ1v) is 15.6. The molecule has 1 unspecified atom stereocenters. The van der Waals surface area contributed by atoms with Gasteiger partial charge in [-0.05, 0) is 99.4 Å². The number of fused-ring (bicyclic) bond motifs is 2. The smallest absolute Gasteiger partial charge is 0.332 e. The summed E-state index contributed by atoms with van der Waals surface area (Å²) in [5.74, 6) is -0.743. The van der Waals surface area contributed by atoms with E-state index in [4.69, 9.17) is 9.47 Å². The van der Waals surface area contributed by atoms with E-state index in [0.29, 0.717) is 30.5 Å². The van der Waals surface area contributed by atoms with E-state index in [1.54, 1.807) is 21.4 Å². The zero-order valence-electron chi connectivity index (χ0n) is 26.2. The minimum absolute atomic E-state index is 0.108. The van der Waals surface area contributed by atoms with Crippen molar-refractivity contribution < 1.29 is 18.7 Å². The summed E-state index contributed by atoms with van der Waals surface area (Å²) < 4.78 is 28.9. The molecule has 5 rings (SSSR count). The highest BCUT2D eigenvalue weighted by atomic mass is 19.1. The van der Waals surface area contributed by atoms with Gasteiger partial charge in [-0.2, -0.15) is 0 Å². The number of esters is 1. The lowest BCUT2D eigenvalue weighted by Gasteiger charge is -2.23. The van der Waals surface area contributed by atoms with Gasteiger partial charge in [0.25, 0.3) is 0 Å². The molecule has 0 fully saturated rings. The van der Waals surface area contributed by atoms with Gasteiger partial charge in [0.1, 0.15) is 12.4 Å². The number of hydrogen-bond donors (Lipinski definition) is 0. The van der Waals surface area contributed by atoms with Crippen molar-refractivity contribution in [3.8, 4) is 0 Å². The van der Waals surface area contributed by atoms with Gasteiger partial charge in [0.05, 0.1) is 35.5 Å². The molecule has 1 atom stereocenters. The molecule has 5 aromatic rings. The van der Waals surface area contributed by atoms with Crippen LogP contribution in [-0.4, -0.2) is 57.8 Å². The summed E-state index contributed by atoms with van der Waals surface area (Å²) >= 11 is 0. The lowest BCUT2D eigenvalue weighted by molar-refractivity contribution is -0.155. The van der Waals surface area contributed by atoms with E-state index in [0.717, 1.165) is 48.0 Å². The average molecular weight is 613 g/mol. The van der Waals surface area contributed by atoms with Gasteiger partial charge in [-0.15, -0.1) is 0 Å². The summed E-state index contributed by atoms with van der Waals surface area (Å²) in [5.41, 5.74) is 2.92. The number of halogens is 1. The van der Waals surface area contributed by atoms with Crippen molar-refractivity contribution in [2.75, 3.05) is 26.7 Å². The molecular weight excluding hydrogens is 571 g/mol. The van der Waals surface area contributed by atoms with Gasteiger partial charge in [-0.3, -0.25) is 14.1 Å². The van der Waals surface area contributed by atoms with Crippen LogP contribution in [-0.2, 0) is 27.4 Å². The van der Waals surface area contributed by atoms with E-state index >= 15 is 0 Å². The number of imidazole rings is 1. The summed E-state index contributed by atoms with van der Waals surface area (Å²) in [6.45, 7) is 5.92. The number of carbonyl (C=O) groups excluding carboxylic acids is 1. The number of pyridine rings is 1. The van der Waals surface area contributed by atoms with E-state index in [1.165, 1.54) is 12.1 Å². The van der Waals surface area contributed by atoms with Crippen LogP contribution in [0, 0.1) is 5.82 Å². The topological polar surface area (TPSA) is 78.6 Å². The first-order chi connectivity index (χ1) is 21.8. The van der Waals surface area contributed by atoms with E-state index in [9.17, 15) is 14.0 Å². The Balaban J connectivity index is 1.19. The molecule has 236 valence electrons. The van der Waals surface area contributed by atoms with E-state index in [2.05, 4.69) is 47.3 Å². The molecule has 3 aromatic carbocycles. The van der Waals surface area contributed by atoms with Crippen LogP contribution in [0.4, 0.5) is 4.39 Å². The minimum atomic E-state index is -0.374. The molecule has 2 heterocycles. The van der Waals surface area contributed by atoms with Gasteiger partial charge in [0.2, 0.25) is 0 Å². The standard InChI is InChI=1S/C36H41FN4O4/c1-26(2)45-35(42)25-44-34(29-14-13-27-10-4-5-11-28(27)22-29)17-21-39(3)19-8-9-20-40-33-23-30(37)15-16-32(33)41(36(40)43)24-31-12-6-7-18-38-31/h4-7,10-16,18,22-23,26,34H,8-9,17,19-21,24-25H2,1-3H3. The molecule has 0 aliphatic heterocycles. The first-order valence-electron chi connectivity index (χ1n) is 15.6. The highest BCUT2D eigenvalue weighted by Crippen LogP contribution is 2.26. The molecule has 0 saturated carbocycles. The highest BCUT2D eigenvalue weighted by molar-refractivity contribution is 5.83. The molecule has 0 saturated heterocycles. The number of ether oxygens (including phenoxy) is 2. The third-order valence-electron chi connectivity index (χ3n) is 7.89. The fourth-order valence-corrected chi connectivity index (χ4v) is 5.64. The summed E-state index contributed by atoms with van der Waals surface area (Å²) in [5, 5.41) is 2.27. The van der Waals surface area contributed by atoms with Gasteiger partial charge >= 0.3 is 11.7 Å². The first kappa shape index (κ1) is 32.1. The van der Waals surface area contributed by atoms with Crippen LogP contribution in [0.25, 0.3) is 21.8 Å². The lowest BCUT2D eigenvalue weighted by Crippen LogP contribution is -2.26. The van der Waals surface area contributed by atoms with Crippen molar-refractivity contribution in [3.63, 3.8) is 0 Å². The number of benzene rings is 3. The molecule has 9 heteroatoms. The van der Waals surface area contributed by atoms with Gasteiger partial charge in [0, 0.05) is 19.3 Å². The van der Waals surface area contributed by atoms with Gasteiger partial charge in [-0.1, -0.05) is 42.5 Å². The van der Waals surface area contributed by atoms with Crippen molar-refractivity contribution in [3.05, 3.63) is 113 Å². The van der Waals surface area contributed by atoms with Gasteiger partial charge in [0.15, 0.2) is 0 Å². The zero-order chi connectivity index (χ0) is 31.8. The number of rotatable bonds is 15. The SMILES string of the molecule is CC(C)OC(=O)COC(CCN(C)CCCCn1c(=O)n(Cc2ccccn2)c2ccc(F)cc21)c1ccc2ccccc2c1. The fourth-order valence-electron chi connectivity index (χ4n) is 5.64. The maximum atomic E-state index is 14.2. The predicted octanol–water partition coefficient (Wildman–Crippen LogP) is 6.35. The molecular formula is C36H41FN4O4. The largest absolute Gasteiger partial charge is 0.461 e. The Morgan fingerprint density at radius 2 is 1.71 bits per heavy atom. The maximum absolute atomic E-state index is 14.2. The summed E-state index contributed by atoms with van der Waals surface area (Å²) in [4.78, 5) is 32.2. The number of aryl methyl sites for hydroxylation is 1. The Hall–Kier alpha value is -4.34. The fraction of sp³-hybridized carbons (Fsp3) is 0.361. The maximum Gasteiger partial charge on any atom is 0.332 e. The molecule has 0 N–H and O–H groups in total. The Morgan fingerprint density at radius 3 is 2.49 bits per heavy atom. The Morgan fingerprint density at radius 1 is 0.911 bits per heavy atom. The van der Waals surface area contributed by atoms with Crippen LogP contribution in [0.2, 0.25) is 0 Å². The zero-order valence-corrected chi connectivity index (χ0v) is 26.2. The molecule has 0 aliphatic rings. The van der Waals surface area contributed by atoms with Crippen LogP contribution in [0.1, 0.15) is 50.5 Å². The van der Waals surface area contributed by atoms with Crippen molar-refractivity contribution in [2.24, 2.45) is 0 Å². The highest BCUT2D eigenvalue weighted by Gasteiger charge is 2.18. The lowest BCUT2D eigenvalue weighted by atomic mass is 10.0. The molecule has 0 amide bonds. The third kappa shape index (κ3) is 8.44. The molecule has 0 bridgehead atoms. The van der Waals surface area contributed by atoms with Crippen LogP contribution in [0.3, 0.4) is 0 Å². The van der Waals surface area contributed by atoms with E-state index in [-0.39, 0.29) is 36.3 Å². The predicted molar refractivity (Wildman–Crippen MR) is 175 cm³/mol. The molecule has 2 aromatic heterocycles. The number of aromatic nitrogens is 3. The molecule has 8 nitrogen and oxygen atoms in total. The normalized spacial score (nSPS) is 12.4. The molecule has 0 radical (unpaired) electrons. The second-order valence-electron chi connectivity index (χ2n) is 11.7. The summed E-state index contributed by atoms with van der Waals surface area (Å²) in [7, 11) is 2.06. The number of hydrogen-bond acceptors (Lipinski definition) is 6. The average Bonchev–Trinajstić information content (AvgIpc) is 3.28. The van der Waals surface area contributed by atoms with Crippen LogP contribution >= 0.6 is 0 Å². The number of carbonyl (C=O) groups is 1. The van der Waals surface area contributed by atoms with Gasteiger partial charge < -0.3 is 14.4 Å². The quantitative estimate of drug-likeness (QED) is 0.101. The minimum Gasteiger partial charge on any atom is -0.461 e. The van der Waals surface area contributed by atoms with Crippen LogP contribution in [0.15, 0.2) is 89.9 Å². The Labute approximate surface area is 263 Å². The van der Waals surface area contributed by atoms with Crippen molar-refractivity contribution >= 4 is 27.8 Å². The number of nitrogens with zero attached hydrogens (tertiary/aromatic N) is 4. The van der Waals surface area contributed by atoms with E-state index in [1.807, 2.05) is 44.2 Å².